The standard InChI is InChI=1S/C61H92O6/c1-4-7-10-13-16-19-22-25-28-30-33-36-39-42-45-48-51-54-60(63)66-57-58(56-65-59(62)53-50-47-44-41-38-35-32-27-24-21-18-15-12-9-6-3)67-61(64)55-52-49-46-43-40-37-34-31-29-26-23-20-17-14-11-8-5-2/h8-9,11-12,16-21,25-29,32-34,36-38,41-43,45-46,58H,4-7,10,13-15,22-24,30-31,35,39-40,44,47-57H2,1-3H3/b11-8-,12-9-,19-16-,20-17-,21-18-,28-25-,29-26-,32-27-,36-33-,37-34-,41-38-,45-42-,46-43-/t58-/m1/s1. The Morgan fingerprint density at radius 3 is 0.910 bits per heavy atom. The largest absolute Gasteiger partial charge is 0.462 e. The molecule has 0 aliphatic heterocycles. The summed E-state index contributed by atoms with van der Waals surface area (Å²) in [5.74, 6) is -1.12. The molecule has 0 spiro atoms. The van der Waals surface area contributed by atoms with Crippen LogP contribution in [-0.4, -0.2) is 37.2 Å². The summed E-state index contributed by atoms with van der Waals surface area (Å²) < 4.78 is 16.7. The highest BCUT2D eigenvalue weighted by molar-refractivity contribution is 5.71. The van der Waals surface area contributed by atoms with Gasteiger partial charge in [0.1, 0.15) is 13.2 Å². The first kappa shape index (κ1) is 62.0. The van der Waals surface area contributed by atoms with Gasteiger partial charge in [-0.05, 0) is 135 Å². The summed E-state index contributed by atoms with van der Waals surface area (Å²) in [6, 6.07) is 0. The smallest absolute Gasteiger partial charge is 0.306 e. The fourth-order valence-electron chi connectivity index (χ4n) is 6.16. The van der Waals surface area contributed by atoms with Gasteiger partial charge in [0.15, 0.2) is 6.10 Å². The van der Waals surface area contributed by atoms with Crippen LogP contribution in [0.4, 0.5) is 0 Å². The van der Waals surface area contributed by atoms with Crippen LogP contribution in [0.2, 0.25) is 0 Å². The maximum absolute atomic E-state index is 12.8. The Morgan fingerprint density at radius 1 is 0.313 bits per heavy atom. The van der Waals surface area contributed by atoms with Gasteiger partial charge in [0.2, 0.25) is 0 Å². The van der Waals surface area contributed by atoms with Gasteiger partial charge in [-0.2, -0.15) is 0 Å². The van der Waals surface area contributed by atoms with Crippen molar-refractivity contribution in [2.24, 2.45) is 0 Å². The predicted molar refractivity (Wildman–Crippen MR) is 288 cm³/mol. The number of hydrogen-bond donors (Lipinski definition) is 0. The van der Waals surface area contributed by atoms with Crippen molar-refractivity contribution in [1.82, 2.24) is 0 Å². The summed E-state index contributed by atoms with van der Waals surface area (Å²) in [6.45, 7) is 6.22. The van der Waals surface area contributed by atoms with Gasteiger partial charge < -0.3 is 14.2 Å². The number of carbonyl (C=O) groups excluding carboxylic acids is 3. The molecule has 0 saturated heterocycles. The van der Waals surface area contributed by atoms with E-state index in [0.29, 0.717) is 19.3 Å². The lowest BCUT2D eigenvalue weighted by molar-refractivity contribution is -0.167. The van der Waals surface area contributed by atoms with Crippen LogP contribution in [0.15, 0.2) is 158 Å². The van der Waals surface area contributed by atoms with Crippen molar-refractivity contribution in [3.63, 3.8) is 0 Å². The predicted octanol–water partition coefficient (Wildman–Crippen LogP) is 17.4. The third-order valence-electron chi connectivity index (χ3n) is 10.00. The first-order valence-corrected chi connectivity index (χ1v) is 26.0. The fraction of sp³-hybridized carbons (Fsp3) is 0.525. The Bertz CT molecular complexity index is 1570. The maximum atomic E-state index is 12.8. The van der Waals surface area contributed by atoms with Crippen molar-refractivity contribution >= 4 is 17.9 Å². The first-order valence-electron chi connectivity index (χ1n) is 26.0. The number of hydrogen-bond acceptors (Lipinski definition) is 6. The van der Waals surface area contributed by atoms with E-state index in [1.54, 1.807) is 0 Å². The molecule has 0 fully saturated rings. The molecule has 0 aromatic heterocycles. The van der Waals surface area contributed by atoms with E-state index in [-0.39, 0.29) is 44.4 Å². The van der Waals surface area contributed by atoms with Gasteiger partial charge in [-0.25, -0.2) is 0 Å². The molecule has 372 valence electrons. The molecule has 1 atom stereocenters. The van der Waals surface area contributed by atoms with Crippen molar-refractivity contribution < 1.29 is 28.6 Å². The van der Waals surface area contributed by atoms with Gasteiger partial charge in [-0.3, -0.25) is 14.4 Å². The molecule has 0 aromatic rings. The number of ether oxygens (including phenoxy) is 3. The van der Waals surface area contributed by atoms with E-state index in [1.165, 1.54) is 25.7 Å². The Morgan fingerprint density at radius 2 is 0.582 bits per heavy atom. The minimum Gasteiger partial charge on any atom is -0.462 e. The van der Waals surface area contributed by atoms with E-state index < -0.39 is 12.1 Å². The van der Waals surface area contributed by atoms with Crippen LogP contribution in [0.5, 0.6) is 0 Å². The Hall–Kier alpha value is -4.97. The molecule has 0 saturated carbocycles. The number of unbranched alkanes of at least 4 members (excludes halogenated alkanes) is 7. The Labute approximate surface area is 409 Å². The molecule has 0 radical (unpaired) electrons. The summed E-state index contributed by atoms with van der Waals surface area (Å²) in [5, 5.41) is 0. The molecule has 0 aromatic carbocycles. The SMILES string of the molecule is CC/C=C\C/C=C\C/C=C\C/C=C\C/C=C\CCCC(=O)O[C@@H](COC(=O)CCC/C=C\C/C=C\C/C=C\C/C=C\CCCCC)COC(=O)CCCC/C=C\C/C=C\C/C=C\C/C=C\CC. The highest BCUT2D eigenvalue weighted by Crippen LogP contribution is 2.09. The van der Waals surface area contributed by atoms with Crippen molar-refractivity contribution in [2.45, 2.75) is 194 Å². The molecule has 0 rings (SSSR count). The van der Waals surface area contributed by atoms with Crippen molar-refractivity contribution in [3.05, 3.63) is 158 Å². The average Bonchev–Trinajstić information content (AvgIpc) is 3.33. The third kappa shape index (κ3) is 51.9. The van der Waals surface area contributed by atoms with E-state index in [0.717, 1.165) is 103 Å². The number of allylic oxidation sites excluding steroid dienone is 26. The van der Waals surface area contributed by atoms with E-state index >= 15 is 0 Å². The lowest BCUT2D eigenvalue weighted by atomic mass is 10.2. The zero-order chi connectivity index (χ0) is 48.6. The van der Waals surface area contributed by atoms with E-state index in [4.69, 9.17) is 14.2 Å². The van der Waals surface area contributed by atoms with Gasteiger partial charge in [0.05, 0.1) is 0 Å². The lowest BCUT2D eigenvalue weighted by Gasteiger charge is -2.18. The number of carbonyl (C=O) groups is 3. The average molecular weight is 921 g/mol. The highest BCUT2D eigenvalue weighted by atomic mass is 16.6. The van der Waals surface area contributed by atoms with E-state index in [1.807, 2.05) is 0 Å². The highest BCUT2D eigenvalue weighted by Gasteiger charge is 2.19. The van der Waals surface area contributed by atoms with Crippen LogP contribution in [0, 0.1) is 0 Å². The van der Waals surface area contributed by atoms with Crippen LogP contribution < -0.4 is 0 Å². The molecule has 0 amide bonds. The van der Waals surface area contributed by atoms with Gasteiger partial charge in [0.25, 0.3) is 0 Å². The first-order chi connectivity index (χ1) is 33.0. The summed E-state index contributed by atoms with van der Waals surface area (Å²) in [4.78, 5) is 38.0. The van der Waals surface area contributed by atoms with Crippen LogP contribution in [0.25, 0.3) is 0 Å². The summed E-state index contributed by atoms with van der Waals surface area (Å²) in [6.07, 6.45) is 78.1. The Kier molecular flexibility index (Phi) is 49.7. The molecule has 0 bridgehead atoms. The van der Waals surface area contributed by atoms with Gasteiger partial charge >= 0.3 is 17.9 Å². The molecule has 0 heterocycles. The molecular weight excluding hydrogens is 829 g/mol. The minimum atomic E-state index is -0.855. The zero-order valence-corrected chi connectivity index (χ0v) is 42.3. The second-order valence-corrected chi connectivity index (χ2v) is 16.3. The minimum absolute atomic E-state index is 0.147. The van der Waals surface area contributed by atoms with E-state index in [9.17, 15) is 14.4 Å². The van der Waals surface area contributed by atoms with Crippen molar-refractivity contribution in [3.8, 4) is 0 Å². The zero-order valence-electron chi connectivity index (χ0n) is 42.3. The molecule has 6 nitrogen and oxygen atoms in total. The van der Waals surface area contributed by atoms with Gasteiger partial charge in [0, 0.05) is 19.3 Å². The molecule has 0 N–H and O–H groups in total. The maximum Gasteiger partial charge on any atom is 0.306 e. The molecule has 67 heavy (non-hydrogen) atoms. The molecule has 0 aliphatic rings. The van der Waals surface area contributed by atoms with Gasteiger partial charge in [-0.15, -0.1) is 0 Å². The molecule has 0 unspecified atom stereocenters. The normalized spacial score (nSPS) is 13.4. The molecule has 0 aliphatic carbocycles. The number of rotatable bonds is 44. The van der Waals surface area contributed by atoms with Crippen LogP contribution in [0.3, 0.4) is 0 Å². The quantitative estimate of drug-likeness (QED) is 0.0262. The van der Waals surface area contributed by atoms with Crippen molar-refractivity contribution in [2.75, 3.05) is 13.2 Å². The molecule has 6 heteroatoms. The van der Waals surface area contributed by atoms with Crippen LogP contribution in [-0.2, 0) is 28.6 Å². The monoisotopic (exact) mass is 921 g/mol. The van der Waals surface area contributed by atoms with Gasteiger partial charge in [-0.1, -0.05) is 192 Å². The Balaban J connectivity index is 4.68. The second kappa shape index (κ2) is 53.6. The second-order valence-electron chi connectivity index (χ2n) is 16.3. The summed E-state index contributed by atoms with van der Waals surface area (Å²) >= 11 is 0. The van der Waals surface area contributed by atoms with Crippen LogP contribution >= 0.6 is 0 Å². The van der Waals surface area contributed by atoms with Crippen molar-refractivity contribution in [1.29, 1.82) is 0 Å². The third-order valence-corrected chi connectivity index (χ3v) is 10.00. The van der Waals surface area contributed by atoms with E-state index in [2.05, 4.69) is 179 Å². The lowest BCUT2D eigenvalue weighted by Crippen LogP contribution is -2.30. The summed E-state index contributed by atoms with van der Waals surface area (Å²) in [5.41, 5.74) is 0. The molecular formula is C61H92O6. The topological polar surface area (TPSA) is 78.9 Å². The fourth-order valence-corrected chi connectivity index (χ4v) is 6.16. The number of esters is 3. The summed E-state index contributed by atoms with van der Waals surface area (Å²) in [7, 11) is 0. The van der Waals surface area contributed by atoms with Crippen LogP contribution in [0.1, 0.15) is 188 Å².